The number of aliphatic hydroxyl groups excluding tert-OH is 1. The van der Waals surface area contributed by atoms with E-state index in [0.29, 0.717) is 0 Å². The molecule has 5 nitrogen and oxygen atoms in total. The van der Waals surface area contributed by atoms with Crippen LogP contribution in [0.5, 0.6) is 0 Å². The summed E-state index contributed by atoms with van der Waals surface area (Å²) in [5.74, 6) is 2.47. The zero-order valence-corrected chi connectivity index (χ0v) is 13.5. The zero-order valence-electron chi connectivity index (χ0n) is 13.5. The fourth-order valence-electron chi connectivity index (χ4n) is 1.67. The molecule has 1 rings (SSSR count). The molecule has 0 saturated carbocycles. The number of anilines is 2. The van der Waals surface area contributed by atoms with Gasteiger partial charge in [-0.25, -0.2) is 9.97 Å². The fraction of sp³-hybridized carbons (Fsp3) is 0.733. The maximum absolute atomic E-state index is 9.85. The summed E-state index contributed by atoms with van der Waals surface area (Å²) in [6, 6.07) is 0. The number of nitrogens with zero attached hydrogens (tertiary/aromatic N) is 2. The van der Waals surface area contributed by atoms with E-state index in [1.807, 2.05) is 27.7 Å². The smallest absolute Gasteiger partial charge is 0.135 e. The highest BCUT2D eigenvalue weighted by molar-refractivity contribution is 5.58. The molecule has 1 atom stereocenters. The van der Waals surface area contributed by atoms with Crippen molar-refractivity contribution in [3.8, 4) is 0 Å². The Kier molecular flexibility index (Phi) is 5.74. The third kappa shape index (κ3) is 4.07. The molecule has 5 heteroatoms. The maximum Gasteiger partial charge on any atom is 0.135 e. The van der Waals surface area contributed by atoms with Gasteiger partial charge in [-0.15, -0.1) is 0 Å². The molecule has 1 unspecified atom stereocenters. The van der Waals surface area contributed by atoms with E-state index >= 15 is 0 Å². The first-order chi connectivity index (χ1) is 9.31. The van der Waals surface area contributed by atoms with E-state index in [1.165, 1.54) is 0 Å². The van der Waals surface area contributed by atoms with Gasteiger partial charge in [-0.05, 0) is 34.1 Å². The number of aryl methyl sites for hydroxylation is 1. The standard InChI is InChI=1S/C15H28N4O/c1-7-9-16-13-10(3)14(18-12(8-2)17-13)19-15(5,6)11(4)20/h11,20H,7-9H2,1-6H3,(H2,16,17,18,19). The molecule has 0 aliphatic heterocycles. The van der Waals surface area contributed by atoms with Crippen molar-refractivity contribution in [3.05, 3.63) is 11.4 Å². The van der Waals surface area contributed by atoms with Crippen LogP contribution in [-0.4, -0.2) is 33.3 Å². The Hall–Kier alpha value is -1.36. The molecule has 0 saturated heterocycles. The molecule has 1 aromatic heterocycles. The lowest BCUT2D eigenvalue weighted by molar-refractivity contribution is 0.133. The summed E-state index contributed by atoms with van der Waals surface area (Å²) >= 11 is 0. The second-order valence-electron chi connectivity index (χ2n) is 5.77. The minimum Gasteiger partial charge on any atom is -0.391 e. The first-order valence-electron chi connectivity index (χ1n) is 7.39. The van der Waals surface area contributed by atoms with Crippen LogP contribution in [0.2, 0.25) is 0 Å². The molecule has 0 bridgehead atoms. The molecule has 114 valence electrons. The van der Waals surface area contributed by atoms with E-state index < -0.39 is 11.6 Å². The molecular formula is C15H28N4O. The Morgan fingerprint density at radius 1 is 1.20 bits per heavy atom. The lowest BCUT2D eigenvalue weighted by Crippen LogP contribution is -2.42. The highest BCUT2D eigenvalue weighted by atomic mass is 16.3. The van der Waals surface area contributed by atoms with Crippen molar-refractivity contribution >= 4 is 11.6 Å². The van der Waals surface area contributed by atoms with Crippen LogP contribution in [0.25, 0.3) is 0 Å². The minimum absolute atomic E-state index is 0.438. The van der Waals surface area contributed by atoms with Crippen molar-refractivity contribution in [2.24, 2.45) is 0 Å². The van der Waals surface area contributed by atoms with Crippen LogP contribution < -0.4 is 10.6 Å². The van der Waals surface area contributed by atoms with Crippen LogP contribution in [0.3, 0.4) is 0 Å². The van der Waals surface area contributed by atoms with E-state index in [1.54, 1.807) is 6.92 Å². The number of nitrogens with one attached hydrogen (secondary N) is 2. The molecule has 1 heterocycles. The predicted octanol–water partition coefficient (Wildman–Crippen LogP) is 2.74. The minimum atomic E-state index is -0.478. The Bertz CT molecular complexity index is 444. The lowest BCUT2D eigenvalue weighted by atomic mass is 9.98. The predicted molar refractivity (Wildman–Crippen MR) is 84.3 cm³/mol. The van der Waals surface area contributed by atoms with Gasteiger partial charge in [-0.3, -0.25) is 0 Å². The third-order valence-electron chi connectivity index (χ3n) is 3.54. The van der Waals surface area contributed by atoms with Gasteiger partial charge in [0.15, 0.2) is 0 Å². The van der Waals surface area contributed by atoms with Crippen LogP contribution in [0, 0.1) is 6.92 Å². The van der Waals surface area contributed by atoms with Gasteiger partial charge in [0.05, 0.1) is 11.6 Å². The SMILES string of the molecule is CCCNc1nc(CC)nc(NC(C)(C)C(C)O)c1C. The topological polar surface area (TPSA) is 70.1 Å². The number of hydrogen-bond acceptors (Lipinski definition) is 5. The fourth-order valence-corrected chi connectivity index (χ4v) is 1.67. The molecule has 0 aliphatic carbocycles. The largest absolute Gasteiger partial charge is 0.391 e. The lowest BCUT2D eigenvalue weighted by Gasteiger charge is -2.31. The third-order valence-corrected chi connectivity index (χ3v) is 3.54. The summed E-state index contributed by atoms with van der Waals surface area (Å²) < 4.78 is 0. The van der Waals surface area contributed by atoms with Gasteiger partial charge in [0.2, 0.25) is 0 Å². The molecular weight excluding hydrogens is 252 g/mol. The van der Waals surface area contributed by atoms with E-state index in [2.05, 4.69) is 27.5 Å². The van der Waals surface area contributed by atoms with Gasteiger partial charge in [0.1, 0.15) is 17.5 Å². The summed E-state index contributed by atoms with van der Waals surface area (Å²) in [7, 11) is 0. The van der Waals surface area contributed by atoms with Gasteiger partial charge < -0.3 is 15.7 Å². The van der Waals surface area contributed by atoms with Crippen LogP contribution in [0.15, 0.2) is 0 Å². The quantitative estimate of drug-likeness (QED) is 0.716. The number of hydrogen-bond donors (Lipinski definition) is 3. The summed E-state index contributed by atoms with van der Waals surface area (Å²) in [5.41, 5.74) is 0.552. The highest BCUT2D eigenvalue weighted by Gasteiger charge is 2.25. The first kappa shape index (κ1) is 16.7. The molecule has 20 heavy (non-hydrogen) atoms. The molecule has 0 spiro atoms. The zero-order chi connectivity index (χ0) is 15.3. The van der Waals surface area contributed by atoms with Crippen molar-refractivity contribution in [2.75, 3.05) is 17.2 Å². The monoisotopic (exact) mass is 280 g/mol. The van der Waals surface area contributed by atoms with Gasteiger partial charge in [0.25, 0.3) is 0 Å². The highest BCUT2D eigenvalue weighted by Crippen LogP contribution is 2.24. The van der Waals surface area contributed by atoms with Crippen LogP contribution in [0.1, 0.15) is 52.4 Å². The molecule has 0 fully saturated rings. The van der Waals surface area contributed by atoms with E-state index in [9.17, 15) is 5.11 Å². The van der Waals surface area contributed by atoms with Gasteiger partial charge in [-0.2, -0.15) is 0 Å². The molecule has 1 aromatic rings. The van der Waals surface area contributed by atoms with Crippen molar-refractivity contribution < 1.29 is 5.11 Å². The van der Waals surface area contributed by atoms with Gasteiger partial charge in [-0.1, -0.05) is 13.8 Å². The average Bonchev–Trinajstić information content (AvgIpc) is 2.39. The number of aliphatic hydroxyl groups is 1. The average molecular weight is 280 g/mol. The summed E-state index contributed by atoms with van der Waals surface area (Å²) in [6.45, 7) is 12.8. The maximum atomic E-state index is 9.85. The molecule has 0 amide bonds. The Morgan fingerprint density at radius 2 is 1.80 bits per heavy atom. The first-order valence-corrected chi connectivity index (χ1v) is 7.39. The van der Waals surface area contributed by atoms with E-state index in [-0.39, 0.29) is 0 Å². The Morgan fingerprint density at radius 3 is 2.30 bits per heavy atom. The number of aromatic nitrogens is 2. The van der Waals surface area contributed by atoms with E-state index in [4.69, 9.17) is 0 Å². The van der Waals surface area contributed by atoms with Crippen molar-refractivity contribution in [1.82, 2.24) is 9.97 Å². The molecule has 0 radical (unpaired) electrons. The normalized spacial score (nSPS) is 13.2. The van der Waals surface area contributed by atoms with E-state index in [0.717, 1.165) is 42.4 Å². The van der Waals surface area contributed by atoms with Crippen LogP contribution in [-0.2, 0) is 6.42 Å². The Labute approximate surface area is 122 Å². The molecule has 0 aliphatic rings. The van der Waals surface area contributed by atoms with Crippen molar-refractivity contribution in [3.63, 3.8) is 0 Å². The van der Waals surface area contributed by atoms with Crippen molar-refractivity contribution in [2.45, 2.75) is 66.0 Å². The molecule has 3 N–H and O–H groups in total. The Balaban J connectivity index is 3.11. The van der Waals surface area contributed by atoms with Crippen LogP contribution >= 0.6 is 0 Å². The molecule has 0 aromatic carbocycles. The summed E-state index contributed by atoms with van der Waals surface area (Å²) in [6.07, 6.45) is 1.35. The van der Waals surface area contributed by atoms with Crippen molar-refractivity contribution in [1.29, 1.82) is 0 Å². The summed E-state index contributed by atoms with van der Waals surface area (Å²) in [5, 5.41) is 16.5. The second kappa shape index (κ2) is 6.88. The van der Waals surface area contributed by atoms with Gasteiger partial charge in [0, 0.05) is 18.5 Å². The number of rotatable bonds is 7. The second-order valence-corrected chi connectivity index (χ2v) is 5.77. The van der Waals surface area contributed by atoms with Crippen LogP contribution in [0.4, 0.5) is 11.6 Å². The summed E-state index contributed by atoms with van der Waals surface area (Å²) in [4.78, 5) is 9.09. The van der Waals surface area contributed by atoms with Gasteiger partial charge >= 0.3 is 0 Å².